The summed E-state index contributed by atoms with van der Waals surface area (Å²) < 4.78 is 42.3. The minimum atomic E-state index is -4.73. The maximum absolute atomic E-state index is 12.2. The molecule has 1 heterocycles. The monoisotopic (exact) mass is 394 g/mol. The molecule has 142 valence electrons. The highest BCUT2D eigenvalue weighted by Crippen LogP contribution is 2.29. The van der Waals surface area contributed by atoms with Gasteiger partial charge >= 0.3 is 6.36 Å². The van der Waals surface area contributed by atoms with Gasteiger partial charge in [-0.1, -0.05) is 54.2 Å². The Morgan fingerprint density at radius 1 is 1.11 bits per heavy atom. The third-order valence-corrected chi connectivity index (χ3v) is 5.00. The number of alkyl halides is 3. The Bertz CT molecular complexity index is 880. The van der Waals surface area contributed by atoms with Crippen LogP contribution in [-0.4, -0.2) is 26.8 Å². The van der Waals surface area contributed by atoms with Crippen molar-refractivity contribution >= 4 is 11.8 Å². The smallest absolute Gasteiger partial charge is 0.406 e. The van der Waals surface area contributed by atoms with Crippen LogP contribution >= 0.6 is 11.8 Å². The SMILES string of the molecule is Cn1c(-c2ccccc2)cnc1SCC(O)c1ccc(OC(F)(F)F)cc1. The minimum Gasteiger partial charge on any atom is -0.406 e. The van der Waals surface area contributed by atoms with E-state index in [2.05, 4.69) is 9.72 Å². The lowest BCUT2D eigenvalue weighted by Crippen LogP contribution is -2.17. The average Bonchev–Trinajstić information content (AvgIpc) is 3.00. The highest BCUT2D eigenvalue weighted by molar-refractivity contribution is 7.99. The number of ether oxygens (including phenoxy) is 1. The molecule has 0 saturated heterocycles. The first-order valence-electron chi connectivity index (χ1n) is 8.07. The lowest BCUT2D eigenvalue weighted by atomic mass is 10.1. The van der Waals surface area contributed by atoms with Crippen molar-refractivity contribution in [3.05, 3.63) is 66.4 Å². The summed E-state index contributed by atoms with van der Waals surface area (Å²) in [7, 11) is 1.90. The molecule has 0 saturated carbocycles. The zero-order valence-corrected chi connectivity index (χ0v) is 15.2. The maximum Gasteiger partial charge on any atom is 0.573 e. The number of aliphatic hydroxyl groups excluding tert-OH is 1. The Morgan fingerprint density at radius 3 is 2.41 bits per heavy atom. The molecular formula is C19H17F3N2O2S. The third-order valence-electron chi connectivity index (χ3n) is 3.88. The van der Waals surface area contributed by atoms with Crippen molar-refractivity contribution in [2.75, 3.05) is 5.75 Å². The van der Waals surface area contributed by atoms with E-state index < -0.39 is 12.5 Å². The van der Waals surface area contributed by atoms with E-state index in [1.54, 1.807) is 6.20 Å². The zero-order chi connectivity index (χ0) is 19.4. The number of imidazole rings is 1. The van der Waals surface area contributed by atoms with Crippen molar-refractivity contribution in [2.24, 2.45) is 7.05 Å². The molecule has 0 radical (unpaired) electrons. The summed E-state index contributed by atoms with van der Waals surface area (Å²) in [6.07, 6.45) is -3.80. The van der Waals surface area contributed by atoms with Gasteiger partial charge in [0.1, 0.15) is 5.75 Å². The Labute approximate surface area is 158 Å². The fourth-order valence-electron chi connectivity index (χ4n) is 2.55. The summed E-state index contributed by atoms with van der Waals surface area (Å²) >= 11 is 1.37. The quantitative estimate of drug-likeness (QED) is 0.610. The van der Waals surface area contributed by atoms with Gasteiger partial charge in [-0.3, -0.25) is 0 Å². The molecule has 0 aliphatic rings. The molecule has 0 amide bonds. The second kappa shape index (κ2) is 8.06. The van der Waals surface area contributed by atoms with Crippen molar-refractivity contribution in [2.45, 2.75) is 17.6 Å². The van der Waals surface area contributed by atoms with Crippen LogP contribution < -0.4 is 4.74 Å². The molecule has 27 heavy (non-hydrogen) atoms. The number of halogens is 3. The Hall–Kier alpha value is -2.45. The first-order valence-corrected chi connectivity index (χ1v) is 9.06. The molecule has 1 N–H and O–H groups in total. The molecule has 4 nitrogen and oxygen atoms in total. The number of rotatable bonds is 6. The lowest BCUT2D eigenvalue weighted by molar-refractivity contribution is -0.274. The first-order chi connectivity index (χ1) is 12.8. The number of thioether (sulfide) groups is 1. The second-order valence-electron chi connectivity index (χ2n) is 5.79. The topological polar surface area (TPSA) is 47.3 Å². The van der Waals surface area contributed by atoms with E-state index in [4.69, 9.17) is 0 Å². The van der Waals surface area contributed by atoms with Crippen LogP contribution in [0.4, 0.5) is 13.2 Å². The zero-order valence-electron chi connectivity index (χ0n) is 14.3. The molecule has 0 aliphatic heterocycles. The van der Waals surface area contributed by atoms with Gasteiger partial charge in [0.2, 0.25) is 0 Å². The number of aromatic nitrogens is 2. The fourth-order valence-corrected chi connectivity index (χ4v) is 3.46. The average molecular weight is 394 g/mol. The van der Waals surface area contributed by atoms with E-state index in [0.717, 1.165) is 16.4 Å². The van der Waals surface area contributed by atoms with E-state index in [-0.39, 0.29) is 5.75 Å². The van der Waals surface area contributed by atoms with Gasteiger partial charge in [0.05, 0.1) is 18.0 Å². The molecular weight excluding hydrogens is 377 g/mol. The summed E-state index contributed by atoms with van der Waals surface area (Å²) in [6, 6.07) is 15.0. The Kier molecular flexibility index (Phi) is 5.76. The van der Waals surface area contributed by atoms with Crippen molar-refractivity contribution in [1.82, 2.24) is 9.55 Å². The highest BCUT2D eigenvalue weighted by Gasteiger charge is 2.31. The van der Waals surface area contributed by atoms with Crippen molar-refractivity contribution in [3.63, 3.8) is 0 Å². The van der Waals surface area contributed by atoms with Crippen LogP contribution in [0.25, 0.3) is 11.3 Å². The summed E-state index contributed by atoms with van der Waals surface area (Å²) in [5, 5.41) is 11.0. The van der Waals surface area contributed by atoms with Crippen LogP contribution in [0.3, 0.4) is 0 Å². The van der Waals surface area contributed by atoms with Crippen LogP contribution in [0.15, 0.2) is 66.0 Å². The van der Waals surface area contributed by atoms with E-state index in [9.17, 15) is 18.3 Å². The molecule has 0 aliphatic carbocycles. The number of benzene rings is 2. The van der Waals surface area contributed by atoms with E-state index in [1.165, 1.54) is 36.0 Å². The third kappa shape index (κ3) is 5.05. The van der Waals surface area contributed by atoms with Crippen LogP contribution in [0.2, 0.25) is 0 Å². The predicted octanol–water partition coefficient (Wildman–Crippen LogP) is 4.81. The van der Waals surface area contributed by atoms with Crippen LogP contribution in [-0.2, 0) is 7.05 Å². The lowest BCUT2D eigenvalue weighted by Gasteiger charge is -2.13. The summed E-state index contributed by atoms with van der Waals surface area (Å²) in [5.74, 6) is 0.00108. The van der Waals surface area contributed by atoms with Crippen molar-refractivity contribution in [3.8, 4) is 17.0 Å². The van der Waals surface area contributed by atoms with Gasteiger partial charge < -0.3 is 14.4 Å². The largest absolute Gasteiger partial charge is 0.573 e. The molecule has 1 atom stereocenters. The van der Waals surface area contributed by atoms with Gasteiger partial charge in [-0.25, -0.2) is 4.98 Å². The van der Waals surface area contributed by atoms with Crippen molar-refractivity contribution in [1.29, 1.82) is 0 Å². The van der Waals surface area contributed by atoms with E-state index in [1.807, 2.05) is 41.9 Å². The van der Waals surface area contributed by atoms with E-state index in [0.29, 0.717) is 11.3 Å². The standard InChI is InChI=1S/C19H17F3N2O2S/c1-24-16(13-5-3-2-4-6-13)11-23-18(24)27-12-17(25)14-7-9-15(10-8-14)26-19(20,21)22/h2-11,17,25H,12H2,1H3. The second-order valence-corrected chi connectivity index (χ2v) is 6.78. The maximum atomic E-state index is 12.2. The molecule has 0 spiro atoms. The molecule has 1 aromatic heterocycles. The van der Waals surface area contributed by atoms with Gasteiger partial charge in [-0.05, 0) is 23.3 Å². The number of hydrogen-bond acceptors (Lipinski definition) is 4. The Balaban J connectivity index is 1.63. The van der Waals surface area contributed by atoms with Gasteiger partial charge in [0, 0.05) is 12.8 Å². The van der Waals surface area contributed by atoms with Gasteiger partial charge in [-0.2, -0.15) is 0 Å². The molecule has 2 aromatic carbocycles. The number of nitrogens with zero attached hydrogens (tertiary/aromatic N) is 2. The molecule has 8 heteroatoms. The van der Waals surface area contributed by atoms with Gasteiger partial charge in [0.25, 0.3) is 0 Å². The predicted molar refractivity (Wildman–Crippen MR) is 97.5 cm³/mol. The first kappa shape index (κ1) is 19.3. The van der Waals surface area contributed by atoms with E-state index >= 15 is 0 Å². The van der Waals surface area contributed by atoms with Gasteiger partial charge in [0.15, 0.2) is 5.16 Å². The molecule has 3 aromatic rings. The Morgan fingerprint density at radius 2 is 1.78 bits per heavy atom. The van der Waals surface area contributed by atoms with Crippen LogP contribution in [0.1, 0.15) is 11.7 Å². The molecule has 1 unspecified atom stereocenters. The molecule has 0 bridgehead atoms. The highest BCUT2D eigenvalue weighted by atomic mass is 32.2. The summed E-state index contributed by atoms with van der Waals surface area (Å²) in [4.78, 5) is 4.38. The summed E-state index contributed by atoms with van der Waals surface area (Å²) in [6.45, 7) is 0. The van der Waals surface area contributed by atoms with Crippen molar-refractivity contribution < 1.29 is 23.0 Å². The summed E-state index contributed by atoms with van der Waals surface area (Å²) in [5.41, 5.74) is 2.51. The van der Waals surface area contributed by atoms with Crippen LogP contribution in [0, 0.1) is 0 Å². The molecule has 0 fully saturated rings. The molecule has 3 rings (SSSR count). The number of aliphatic hydroxyl groups is 1. The number of hydrogen-bond donors (Lipinski definition) is 1. The van der Waals surface area contributed by atoms with Crippen LogP contribution in [0.5, 0.6) is 5.75 Å². The fraction of sp³-hybridized carbons (Fsp3) is 0.211. The normalized spacial score (nSPS) is 12.8. The van der Waals surface area contributed by atoms with Gasteiger partial charge in [-0.15, -0.1) is 13.2 Å². The minimum absolute atomic E-state index is 0.317.